The van der Waals surface area contributed by atoms with Gasteiger partial charge in [-0.25, -0.2) is 9.78 Å². The topological polar surface area (TPSA) is 54.6 Å². The van der Waals surface area contributed by atoms with Gasteiger partial charge in [0.1, 0.15) is 0 Å². The average molecular weight is 286 g/mol. The fourth-order valence-electron chi connectivity index (χ4n) is 2.20. The molecule has 1 aromatic carbocycles. The Kier molecular flexibility index (Phi) is 3.06. The van der Waals surface area contributed by atoms with Crippen molar-refractivity contribution < 1.29 is 9.90 Å². The van der Waals surface area contributed by atoms with Crippen molar-refractivity contribution in [2.75, 3.05) is 0 Å². The van der Waals surface area contributed by atoms with E-state index in [4.69, 9.17) is 0 Å². The lowest BCUT2D eigenvalue weighted by atomic mass is 10.0. The molecule has 0 radical (unpaired) electrons. The van der Waals surface area contributed by atoms with Crippen molar-refractivity contribution in [1.82, 2.24) is 9.38 Å². The Morgan fingerprint density at radius 2 is 2.00 bits per heavy atom. The van der Waals surface area contributed by atoms with Gasteiger partial charge in [-0.1, -0.05) is 38.1 Å². The SMILES string of the molecule is CC(C)c1ccc(-c2csc3ncc(C(=O)O)n23)cc1. The number of carbonyl (C=O) groups is 1. The molecule has 2 heterocycles. The summed E-state index contributed by atoms with van der Waals surface area (Å²) in [5.41, 5.74) is 3.34. The molecule has 1 N–H and O–H groups in total. The van der Waals surface area contributed by atoms with E-state index in [2.05, 4.69) is 31.0 Å². The van der Waals surface area contributed by atoms with Crippen molar-refractivity contribution in [3.8, 4) is 11.3 Å². The minimum atomic E-state index is -0.962. The molecule has 0 unspecified atom stereocenters. The lowest BCUT2D eigenvalue weighted by Crippen LogP contribution is -2.01. The maximum absolute atomic E-state index is 11.2. The summed E-state index contributed by atoms with van der Waals surface area (Å²) in [7, 11) is 0. The zero-order chi connectivity index (χ0) is 14.3. The number of hydrogen-bond acceptors (Lipinski definition) is 3. The molecule has 4 nitrogen and oxygen atoms in total. The maximum atomic E-state index is 11.2. The van der Waals surface area contributed by atoms with Crippen molar-refractivity contribution in [2.45, 2.75) is 19.8 Å². The van der Waals surface area contributed by atoms with E-state index in [1.165, 1.54) is 23.1 Å². The van der Waals surface area contributed by atoms with Gasteiger partial charge in [-0.15, -0.1) is 11.3 Å². The maximum Gasteiger partial charge on any atom is 0.354 e. The smallest absolute Gasteiger partial charge is 0.354 e. The minimum absolute atomic E-state index is 0.198. The van der Waals surface area contributed by atoms with Gasteiger partial charge in [-0.3, -0.25) is 4.40 Å². The van der Waals surface area contributed by atoms with Gasteiger partial charge in [0.15, 0.2) is 10.7 Å². The van der Waals surface area contributed by atoms with E-state index in [1.54, 1.807) is 4.40 Å². The predicted molar refractivity (Wildman–Crippen MR) is 79.6 cm³/mol. The van der Waals surface area contributed by atoms with Crippen LogP contribution in [0.3, 0.4) is 0 Å². The van der Waals surface area contributed by atoms with Gasteiger partial charge < -0.3 is 5.11 Å². The van der Waals surface area contributed by atoms with Crippen LogP contribution in [0.2, 0.25) is 0 Å². The second-order valence-electron chi connectivity index (χ2n) is 4.96. The molecule has 2 aromatic heterocycles. The molecule has 3 aromatic rings. The fourth-order valence-corrected chi connectivity index (χ4v) is 3.07. The Bertz CT molecular complexity index is 769. The van der Waals surface area contributed by atoms with Gasteiger partial charge in [-0.2, -0.15) is 0 Å². The molecular formula is C15H14N2O2S. The summed E-state index contributed by atoms with van der Waals surface area (Å²) < 4.78 is 1.69. The van der Waals surface area contributed by atoms with E-state index in [0.717, 1.165) is 11.3 Å². The molecule has 0 aliphatic heterocycles. The van der Waals surface area contributed by atoms with Crippen LogP contribution in [-0.4, -0.2) is 20.5 Å². The molecule has 0 spiro atoms. The summed E-state index contributed by atoms with van der Waals surface area (Å²) in [6, 6.07) is 8.23. The Balaban J connectivity index is 2.14. The number of rotatable bonds is 3. The molecule has 0 amide bonds. The van der Waals surface area contributed by atoms with Crippen molar-refractivity contribution in [1.29, 1.82) is 0 Å². The normalized spacial score (nSPS) is 11.3. The van der Waals surface area contributed by atoms with Gasteiger partial charge in [0.05, 0.1) is 11.9 Å². The van der Waals surface area contributed by atoms with Crippen molar-refractivity contribution in [3.05, 3.63) is 47.1 Å². The standard InChI is InChI=1S/C15H14N2O2S/c1-9(2)10-3-5-11(6-4-10)13-8-20-15-16-7-12(14(18)19)17(13)15/h3-9H,1-2H3,(H,18,19). The highest BCUT2D eigenvalue weighted by Gasteiger charge is 2.16. The van der Waals surface area contributed by atoms with Crippen molar-refractivity contribution in [3.63, 3.8) is 0 Å². The first-order valence-corrected chi connectivity index (χ1v) is 7.24. The number of thiazole rings is 1. The first-order valence-electron chi connectivity index (χ1n) is 6.36. The van der Waals surface area contributed by atoms with E-state index in [1.807, 2.05) is 17.5 Å². The monoisotopic (exact) mass is 286 g/mol. The van der Waals surface area contributed by atoms with E-state index in [9.17, 15) is 9.90 Å². The summed E-state index contributed by atoms with van der Waals surface area (Å²) >= 11 is 1.45. The minimum Gasteiger partial charge on any atom is -0.477 e. The van der Waals surface area contributed by atoms with Gasteiger partial charge >= 0.3 is 5.97 Å². The lowest BCUT2D eigenvalue weighted by molar-refractivity contribution is 0.0689. The molecule has 5 heteroatoms. The van der Waals surface area contributed by atoms with Crippen LogP contribution in [-0.2, 0) is 0 Å². The van der Waals surface area contributed by atoms with Gasteiger partial charge in [0.2, 0.25) is 0 Å². The van der Waals surface area contributed by atoms with Crippen molar-refractivity contribution in [2.24, 2.45) is 0 Å². The van der Waals surface area contributed by atoms with Crippen molar-refractivity contribution >= 4 is 22.3 Å². The van der Waals surface area contributed by atoms with E-state index in [0.29, 0.717) is 10.9 Å². The molecule has 0 aliphatic rings. The van der Waals surface area contributed by atoms with E-state index >= 15 is 0 Å². The molecule has 0 saturated carbocycles. The third-order valence-electron chi connectivity index (χ3n) is 3.34. The van der Waals surface area contributed by atoms with E-state index in [-0.39, 0.29) is 5.69 Å². The Hall–Kier alpha value is -2.14. The number of carboxylic acid groups (broad SMARTS) is 1. The molecule has 0 bridgehead atoms. The van der Waals surface area contributed by atoms with Crippen LogP contribution in [0.5, 0.6) is 0 Å². The predicted octanol–water partition coefficient (Wildman–Crippen LogP) is 3.88. The number of carboxylic acids is 1. The third kappa shape index (κ3) is 2.00. The van der Waals surface area contributed by atoms with Gasteiger partial charge in [-0.05, 0) is 17.0 Å². The zero-order valence-electron chi connectivity index (χ0n) is 11.2. The lowest BCUT2D eigenvalue weighted by Gasteiger charge is -2.07. The van der Waals surface area contributed by atoms with Gasteiger partial charge in [0.25, 0.3) is 0 Å². The van der Waals surface area contributed by atoms with Crippen LogP contribution in [0, 0.1) is 0 Å². The highest BCUT2D eigenvalue weighted by molar-refractivity contribution is 7.15. The first kappa shape index (κ1) is 12.9. The Morgan fingerprint density at radius 3 is 2.60 bits per heavy atom. The molecule has 3 rings (SSSR count). The second-order valence-corrected chi connectivity index (χ2v) is 5.80. The molecule has 0 fully saturated rings. The van der Waals surface area contributed by atoms with Gasteiger partial charge in [0, 0.05) is 5.38 Å². The van der Waals surface area contributed by atoms with Crippen LogP contribution in [0.25, 0.3) is 16.2 Å². The quantitative estimate of drug-likeness (QED) is 0.794. The highest BCUT2D eigenvalue weighted by Crippen LogP contribution is 2.28. The average Bonchev–Trinajstić information content (AvgIpc) is 2.99. The Morgan fingerprint density at radius 1 is 1.30 bits per heavy atom. The van der Waals surface area contributed by atoms with Crippen LogP contribution in [0.4, 0.5) is 0 Å². The number of imidazole rings is 1. The summed E-state index contributed by atoms with van der Waals surface area (Å²) in [5.74, 6) is -0.481. The number of aromatic carboxylic acids is 1. The molecule has 0 aliphatic carbocycles. The summed E-state index contributed by atoms with van der Waals surface area (Å²) in [5, 5.41) is 11.2. The summed E-state index contributed by atoms with van der Waals surface area (Å²) in [4.78, 5) is 16.1. The third-order valence-corrected chi connectivity index (χ3v) is 4.18. The second kappa shape index (κ2) is 4.76. The Labute approximate surface area is 120 Å². The first-order chi connectivity index (χ1) is 9.58. The highest BCUT2D eigenvalue weighted by atomic mass is 32.1. The summed E-state index contributed by atoms with van der Waals surface area (Å²) in [6.07, 6.45) is 1.40. The van der Waals surface area contributed by atoms with E-state index < -0.39 is 5.97 Å². The zero-order valence-corrected chi connectivity index (χ0v) is 12.0. The number of nitrogens with zero attached hydrogens (tertiary/aromatic N) is 2. The number of aromatic nitrogens is 2. The number of hydrogen-bond donors (Lipinski definition) is 1. The molecule has 102 valence electrons. The largest absolute Gasteiger partial charge is 0.477 e. The molecule has 0 saturated heterocycles. The molecule has 0 atom stereocenters. The van der Waals surface area contributed by atoms with Crippen LogP contribution in [0.1, 0.15) is 35.8 Å². The number of fused-ring (bicyclic) bond motifs is 1. The summed E-state index contributed by atoms with van der Waals surface area (Å²) in [6.45, 7) is 4.30. The fraction of sp³-hybridized carbons (Fsp3) is 0.200. The van der Waals surface area contributed by atoms with Crippen LogP contribution < -0.4 is 0 Å². The van der Waals surface area contributed by atoms with Crippen LogP contribution >= 0.6 is 11.3 Å². The molecule has 20 heavy (non-hydrogen) atoms. The van der Waals surface area contributed by atoms with Crippen LogP contribution in [0.15, 0.2) is 35.8 Å². The molecular weight excluding hydrogens is 272 g/mol. The number of benzene rings is 1.